The van der Waals surface area contributed by atoms with E-state index in [2.05, 4.69) is 10.6 Å². The van der Waals surface area contributed by atoms with Crippen LogP contribution in [0.2, 0.25) is 5.02 Å². The van der Waals surface area contributed by atoms with Crippen molar-refractivity contribution in [3.8, 4) is 17.2 Å². The molecule has 0 aliphatic carbocycles. The summed E-state index contributed by atoms with van der Waals surface area (Å²) in [5, 5.41) is 15.7. The van der Waals surface area contributed by atoms with Gasteiger partial charge in [-0.25, -0.2) is 9.59 Å². The molecule has 2 amide bonds. The zero-order chi connectivity index (χ0) is 22.7. The Morgan fingerprint density at radius 2 is 1.77 bits per heavy atom. The second-order valence-corrected chi connectivity index (χ2v) is 7.40. The number of hydrogen-bond donors (Lipinski definition) is 3. The molecule has 2 aromatic rings. The van der Waals surface area contributed by atoms with Crippen molar-refractivity contribution in [3.63, 3.8) is 0 Å². The Morgan fingerprint density at radius 3 is 2.35 bits per heavy atom. The summed E-state index contributed by atoms with van der Waals surface area (Å²) in [7, 11) is 2.94. The summed E-state index contributed by atoms with van der Waals surface area (Å²) >= 11 is 6.37. The van der Waals surface area contributed by atoms with Gasteiger partial charge in [0.2, 0.25) is 0 Å². The Balaban J connectivity index is 2.22. The SMILES string of the molecule is COc1ccc(C2=C(C(=O)OC(C)C)C(c3ccc(OC)c(O)c3Cl)NC(=O)N2)cc1. The quantitative estimate of drug-likeness (QED) is 0.583. The van der Waals surface area contributed by atoms with E-state index in [1.807, 2.05) is 0 Å². The molecule has 1 atom stereocenters. The first-order valence-electron chi connectivity index (χ1n) is 9.49. The first-order valence-corrected chi connectivity index (χ1v) is 9.87. The summed E-state index contributed by atoms with van der Waals surface area (Å²) in [6.07, 6.45) is -0.393. The third-order valence-corrected chi connectivity index (χ3v) is 5.05. The fourth-order valence-electron chi connectivity index (χ4n) is 3.23. The molecule has 3 N–H and O–H groups in total. The fraction of sp³-hybridized carbons (Fsp3) is 0.273. The highest BCUT2D eigenvalue weighted by atomic mass is 35.5. The van der Waals surface area contributed by atoms with Crippen molar-refractivity contribution in [3.05, 3.63) is 58.1 Å². The third-order valence-electron chi connectivity index (χ3n) is 4.65. The minimum absolute atomic E-state index is 0.0459. The first-order chi connectivity index (χ1) is 14.8. The zero-order valence-corrected chi connectivity index (χ0v) is 18.2. The van der Waals surface area contributed by atoms with Gasteiger partial charge in [0.25, 0.3) is 0 Å². The van der Waals surface area contributed by atoms with E-state index in [-0.39, 0.29) is 27.8 Å². The maximum absolute atomic E-state index is 13.1. The largest absolute Gasteiger partial charge is 0.503 e. The number of hydrogen-bond acceptors (Lipinski definition) is 6. The number of phenolic OH excluding ortho intramolecular Hbond substituents is 1. The predicted molar refractivity (Wildman–Crippen MR) is 115 cm³/mol. The van der Waals surface area contributed by atoms with Crippen molar-refractivity contribution in [1.82, 2.24) is 10.6 Å². The number of esters is 1. The molecule has 31 heavy (non-hydrogen) atoms. The number of ether oxygens (including phenoxy) is 3. The smallest absolute Gasteiger partial charge is 0.338 e. The van der Waals surface area contributed by atoms with Crippen LogP contribution in [-0.2, 0) is 9.53 Å². The predicted octanol–water partition coefficient (Wildman–Crippen LogP) is 3.78. The third kappa shape index (κ3) is 4.54. The van der Waals surface area contributed by atoms with Gasteiger partial charge in [0.05, 0.1) is 42.7 Å². The van der Waals surface area contributed by atoms with Crippen LogP contribution in [0.4, 0.5) is 4.79 Å². The Kier molecular flexibility index (Phi) is 6.60. The lowest BCUT2D eigenvalue weighted by Gasteiger charge is -2.30. The van der Waals surface area contributed by atoms with E-state index in [0.717, 1.165) is 0 Å². The van der Waals surface area contributed by atoms with Gasteiger partial charge < -0.3 is 30.0 Å². The van der Waals surface area contributed by atoms with Crippen LogP contribution in [-0.4, -0.2) is 37.4 Å². The average molecular weight is 447 g/mol. The van der Waals surface area contributed by atoms with Crippen LogP contribution in [0, 0.1) is 0 Å². The van der Waals surface area contributed by atoms with Crippen LogP contribution in [0.1, 0.15) is 31.0 Å². The monoisotopic (exact) mass is 446 g/mol. The molecule has 164 valence electrons. The van der Waals surface area contributed by atoms with Crippen LogP contribution in [0.25, 0.3) is 5.70 Å². The van der Waals surface area contributed by atoms with E-state index in [1.165, 1.54) is 13.2 Å². The van der Waals surface area contributed by atoms with Crippen LogP contribution < -0.4 is 20.1 Å². The normalized spacial score (nSPS) is 15.9. The number of carbonyl (C=O) groups is 2. The van der Waals surface area contributed by atoms with Crippen molar-refractivity contribution >= 4 is 29.3 Å². The van der Waals surface area contributed by atoms with Gasteiger partial charge in [-0.05, 0) is 49.7 Å². The summed E-state index contributed by atoms with van der Waals surface area (Å²) in [5.74, 6) is -0.142. The van der Waals surface area contributed by atoms with Gasteiger partial charge in [-0.2, -0.15) is 0 Å². The van der Waals surface area contributed by atoms with E-state index < -0.39 is 24.1 Å². The Hall–Kier alpha value is -3.39. The van der Waals surface area contributed by atoms with Crippen molar-refractivity contribution < 1.29 is 28.9 Å². The molecule has 1 heterocycles. The lowest BCUT2D eigenvalue weighted by molar-refractivity contribution is -0.143. The van der Waals surface area contributed by atoms with Crippen LogP contribution >= 0.6 is 11.6 Å². The molecular formula is C22H23ClN2O6. The van der Waals surface area contributed by atoms with Gasteiger partial charge >= 0.3 is 12.0 Å². The molecule has 0 saturated heterocycles. The maximum atomic E-state index is 13.1. The maximum Gasteiger partial charge on any atom is 0.338 e. The lowest BCUT2D eigenvalue weighted by Crippen LogP contribution is -2.45. The number of urea groups is 1. The van der Waals surface area contributed by atoms with Crippen molar-refractivity contribution in [1.29, 1.82) is 0 Å². The van der Waals surface area contributed by atoms with Gasteiger partial charge in [0, 0.05) is 5.56 Å². The molecule has 1 aliphatic heterocycles. The minimum atomic E-state index is -0.971. The highest BCUT2D eigenvalue weighted by molar-refractivity contribution is 6.33. The van der Waals surface area contributed by atoms with Gasteiger partial charge in [-0.3, -0.25) is 0 Å². The molecule has 0 fully saturated rings. The number of methoxy groups -OCH3 is 2. The molecular weight excluding hydrogens is 424 g/mol. The standard InChI is InChI=1S/C22H23ClN2O6/c1-11(2)31-21(27)16-18(12-5-7-13(29-3)8-6-12)24-22(28)25-19(16)14-9-10-15(30-4)20(26)17(14)23/h5-11,19,26H,1-4H3,(H2,24,25,28). The topological polar surface area (TPSA) is 106 Å². The number of aromatic hydroxyl groups is 1. The first kappa shape index (κ1) is 22.3. The summed E-state index contributed by atoms with van der Waals surface area (Å²) in [6.45, 7) is 3.45. The van der Waals surface area contributed by atoms with Crippen LogP contribution in [0.15, 0.2) is 42.0 Å². The fourth-order valence-corrected chi connectivity index (χ4v) is 3.50. The molecule has 1 aliphatic rings. The lowest BCUT2D eigenvalue weighted by atomic mass is 9.92. The van der Waals surface area contributed by atoms with E-state index >= 15 is 0 Å². The number of amides is 2. The molecule has 0 bridgehead atoms. The van der Waals surface area contributed by atoms with Crippen molar-refractivity contribution in [2.24, 2.45) is 0 Å². The van der Waals surface area contributed by atoms with E-state index in [4.69, 9.17) is 25.8 Å². The molecule has 2 aromatic carbocycles. The number of carbonyl (C=O) groups excluding carboxylic acids is 2. The average Bonchev–Trinajstić information content (AvgIpc) is 2.74. The van der Waals surface area contributed by atoms with Crippen LogP contribution in [0.3, 0.4) is 0 Å². The molecule has 0 spiro atoms. The van der Waals surface area contributed by atoms with Crippen LogP contribution in [0.5, 0.6) is 17.2 Å². The zero-order valence-electron chi connectivity index (χ0n) is 17.5. The van der Waals surface area contributed by atoms with Gasteiger partial charge in [-0.1, -0.05) is 17.7 Å². The number of nitrogens with one attached hydrogen (secondary N) is 2. The van der Waals surface area contributed by atoms with E-state index in [1.54, 1.807) is 51.3 Å². The molecule has 9 heteroatoms. The highest BCUT2D eigenvalue weighted by Crippen LogP contribution is 2.42. The van der Waals surface area contributed by atoms with E-state index in [9.17, 15) is 14.7 Å². The second kappa shape index (κ2) is 9.18. The molecule has 0 aromatic heterocycles. The Morgan fingerprint density at radius 1 is 1.10 bits per heavy atom. The summed E-state index contributed by atoms with van der Waals surface area (Å²) in [6, 6.07) is 8.42. The summed E-state index contributed by atoms with van der Waals surface area (Å²) in [5.41, 5.74) is 1.31. The Labute approximate surface area is 184 Å². The van der Waals surface area contributed by atoms with Gasteiger partial charge in [0.15, 0.2) is 11.5 Å². The van der Waals surface area contributed by atoms with Gasteiger partial charge in [-0.15, -0.1) is 0 Å². The molecule has 8 nitrogen and oxygen atoms in total. The second-order valence-electron chi connectivity index (χ2n) is 7.02. The van der Waals surface area contributed by atoms with Crippen molar-refractivity contribution in [2.75, 3.05) is 14.2 Å². The summed E-state index contributed by atoms with van der Waals surface area (Å²) in [4.78, 5) is 25.6. The number of rotatable bonds is 6. The highest BCUT2D eigenvalue weighted by Gasteiger charge is 2.36. The van der Waals surface area contributed by atoms with E-state index in [0.29, 0.717) is 16.9 Å². The minimum Gasteiger partial charge on any atom is -0.503 e. The molecule has 0 saturated carbocycles. The number of halogens is 1. The number of benzene rings is 2. The molecule has 3 rings (SSSR count). The molecule has 0 radical (unpaired) electrons. The molecule has 1 unspecified atom stereocenters. The number of phenols is 1. The Bertz CT molecular complexity index is 1030. The van der Waals surface area contributed by atoms with Crippen molar-refractivity contribution in [2.45, 2.75) is 26.0 Å². The summed E-state index contributed by atoms with van der Waals surface area (Å²) < 4.78 is 15.7. The van der Waals surface area contributed by atoms with Gasteiger partial charge in [0.1, 0.15) is 5.75 Å².